The van der Waals surface area contributed by atoms with Gasteiger partial charge in [-0.2, -0.15) is 0 Å². The second-order valence-electron chi connectivity index (χ2n) is 13.7. The summed E-state index contributed by atoms with van der Waals surface area (Å²) >= 11 is 0. The van der Waals surface area contributed by atoms with Gasteiger partial charge in [-0.1, -0.05) is 139 Å². The molecule has 6 nitrogen and oxygen atoms in total. The molecule has 0 radical (unpaired) electrons. The van der Waals surface area contributed by atoms with E-state index in [1.807, 2.05) is 42.5 Å². The van der Waals surface area contributed by atoms with Crippen molar-refractivity contribution >= 4 is 87.4 Å². The first-order valence-electron chi connectivity index (χ1n) is 27.2. The van der Waals surface area contributed by atoms with E-state index in [0.29, 0.717) is 11.2 Å². The molecule has 13 aromatic rings. The van der Waals surface area contributed by atoms with Gasteiger partial charge in [0.25, 0.3) is 0 Å². The smallest absolute Gasteiger partial charge is 0.164 e. The number of hydrogen-bond donors (Lipinski definition) is 0. The Hall–Kier alpha value is -8.09. The quantitative estimate of drug-likeness (QED) is 0.177. The molecular weight excluding hydrogens is 727 g/mol. The summed E-state index contributed by atoms with van der Waals surface area (Å²) in [5.41, 5.74) is 0.829. The lowest BCUT2D eigenvalue weighted by atomic mass is 9.98. The van der Waals surface area contributed by atoms with E-state index < -0.39 is 142 Å². The first-order chi connectivity index (χ1) is 36.7. The standard InChI is InChI=1S/C53H29N3O3/c1-3-14-35-32(12-1)28-40(47-38-17-6-9-21-43(38)58-49(35)47)52-54-51(31-26-24-30(25-27-31)34-19-11-23-45-46(34)37-16-5-8-20-42(37)57-45)55-53(56-52)41-29-33-13-2-4-15-36(33)50-48(41)39-18-7-10-22-44(39)59-50/h1-29H/i1D,2D,3D,4D,6D,7D,9D,10D,12D,13D,14D,15D,17D,18D,21D,22D,28D,29D. The average Bonchev–Trinajstić information content (AvgIpc) is 4.38. The van der Waals surface area contributed by atoms with Crippen molar-refractivity contribution in [1.82, 2.24) is 15.0 Å². The van der Waals surface area contributed by atoms with Crippen LogP contribution in [0.15, 0.2) is 189 Å². The molecule has 0 saturated carbocycles. The van der Waals surface area contributed by atoms with Gasteiger partial charge in [0.05, 0.1) is 24.7 Å². The Morgan fingerprint density at radius 1 is 0.356 bits per heavy atom. The van der Waals surface area contributed by atoms with E-state index in [1.54, 1.807) is 24.3 Å². The minimum absolute atomic E-state index is 0.182. The highest BCUT2D eigenvalue weighted by molar-refractivity contribution is 6.22. The van der Waals surface area contributed by atoms with Crippen LogP contribution in [0.3, 0.4) is 0 Å². The van der Waals surface area contributed by atoms with Gasteiger partial charge in [-0.15, -0.1) is 0 Å². The van der Waals surface area contributed by atoms with Gasteiger partial charge in [-0.05, 0) is 58.2 Å². The Labute approximate surface area is 360 Å². The van der Waals surface area contributed by atoms with Gasteiger partial charge in [0.1, 0.15) is 33.5 Å². The summed E-state index contributed by atoms with van der Waals surface area (Å²) in [6.45, 7) is 0. The van der Waals surface area contributed by atoms with Crippen molar-refractivity contribution in [2.24, 2.45) is 0 Å². The van der Waals surface area contributed by atoms with Crippen LogP contribution in [0.25, 0.3) is 133 Å². The van der Waals surface area contributed by atoms with E-state index in [9.17, 15) is 5.48 Å². The molecular formula is C53H29N3O3. The largest absolute Gasteiger partial charge is 0.456 e. The highest BCUT2D eigenvalue weighted by Crippen LogP contribution is 2.44. The molecule has 0 amide bonds. The van der Waals surface area contributed by atoms with Gasteiger partial charge in [0, 0.05) is 59.8 Å². The molecule has 0 aliphatic rings. The minimum Gasteiger partial charge on any atom is -0.456 e. The van der Waals surface area contributed by atoms with E-state index in [1.165, 1.54) is 0 Å². The number of furan rings is 3. The maximum Gasteiger partial charge on any atom is 0.164 e. The fourth-order valence-corrected chi connectivity index (χ4v) is 7.88. The predicted octanol–water partition coefficient (Wildman–Crippen LogP) is 14.5. The Morgan fingerprint density at radius 3 is 1.49 bits per heavy atom. The summed E-state index contributed by atoms with van der Waals surface area (Å²) in [4.78, 5) is 14.7. The van der Waals surface area contributed by atoms with Crippen LogP contribution >= 0.6 is 0 Å². The first kappa shape index (κ1) is 19.4. The molecule has 0 fully saturated rings. The molecule has 59 heavy (non-hydrogen) atoms. The highest BCUT2D eigenvalue weighted by Gasteiger charge is 2.23. The normalized spacial score (nSPS) is 16.3. The van der Waals surface area contributed by atoms with Crippen LogP contribution in [0.2, 0.25) is 0 Å². The Kier molecular flexibility index (Phi) is 4.01. The van der Waals surface area contributed by atoms with Crippen LogP contribution in [0.5, 0.6) is 0 Å². The second-order valence-corrected chi connectivity index (χ2v) is 13.7. The van der Waals surface area contributed by atoms with Crippen LogP contribution in [0.1, 0.15) is 24.7 Å². The molecule has 9 aromatic carbocycles. The molecule has 0 unspecified atom stereocenters. The molecule has 4 heterocycles. The third-order valence-corrected chi connectivity index (χ3v) is 10.4. The summed E-state index contributed by atoms with van der Waals surface area (Å²) in [5.74, 6) is -1.13. The Bertz CT molecular complexity index is 4690. The lowest BCUT2D eigenvalue weighted by Gasteiger charge is -2.12. The van der Waals surface area contributed by atoms with Crippen LogP contribution in [-0.2, 0) is 0 Å². The van der Waals surface area contributed by atoms with Crippen molar-refractivity contribution in [1.29, 1.82) is 0 Å². The zero-order chi connectivity index (χ0) is 54.3. The van der Waals surface area contributed by atoms with Crippen LogP contribution in [0.4, 0.5) is 0 Å². The maximum absolute atomic E-state index is 9.93. The van der Waals surface area contributed by atoms with Crippen LogP contribution < -0.4 is 0 Å². The monoisotopic (exact) mass is 773 g/mol. The third-order valence-electron chi connectivity index (χ3n) is 10.4. The lowest BCUT2D eigenvalue weighted by molar-refractivity contribution is 0.669. The van der Waals surface area contributed by atoms with E-state index in [0.717, 1.165) is 21.9 Å². The van der Waals surface area contributed by atoms with Gasteiger partial charge in [-0.3, -0.25) is 0 Å². The predicted molar refractivity (Wildman–Crippen MR) is 238 cm³/mol. The van der Waals surface area contributed by atoms with E-state index in [-0.39, 0.29) is 66.0 Å². The molecule has 274 valence electrons. The third kappa shape index (κ3) is 4.77. The number of rotatable bonds is 4. The Balaban J connectivity index is 1.21. The molecule has 0 bridgehead atoms. The summed E-state index contributed by atoms with van der Waals surface area (Å²) in [5, 5.41) is -0.809. The molecule has 0 aliphatic carbocycles. The summed E-state index contributed by atoms with van der Waals surface area (Å²) in [6.07, 6.45) is 0. The van der Waals surface area contributed by atoms with Gasteiger partial charge >= 0.3 is 0 Å². The number of benzene rings is 9. The van der Waals surface area contributed by atoms with E-state index in [4.69, 9.17) is 47.4 Å². The van der Waals surface area contributed by atoms with Crippen molar-refractivity contribution in [3.63, 3.8) is 0 Å². The van der Waals surface area contributed by atoms with Gasteiger partial charge < -0.3 is 13.3 Å². The fourth-order valence-electron chi connectivity index (χ4n) is 7.88. The van der Waals surface area contributed by atoms with Crippen molar-refractivity contribution in [3.8, 4) is 45.3 Å². The van der Waals surface area contributed by atoms with Crippen molar-refractivity contribution in [2.75, 3.05) is 0 Å². The average molecular weight is 774 g/mol. The van der Waals surface area contributed by atoms with Gasteiger partial charge in [-0.25, -0.2) is 15.0 Å². The number of aromatic nitrogens is 3. The van der Waals surface area contributed by atoms with E-state index in [2.05, 4.69) is 0 Å². The van der Waals surface area contributed by atoms with Gasteiger partial charge in [0.15, 0.2) is 17.5 Å². The summed E-state index contributed by atoms with van der Waals surface area (Å²) < 4.78 is 180. The minimum atomic E-state index is -0.726. The summed E-state index contributed by atoms with van der Waals surface area (Å²) in [7, 11) is 0. The number of fused-ring (bicyclic) bond motifs is 13. The highest BCUT2D eigenvalue weighted by atomic mass is 16.3. The molecule has 13 rings (SSSR count). The SMILES string of the molecule is [2H]c1c([2H])c([2H])c2c(oc3c4c([2H])c([2H])c([2H])c([2H])c4c([2H])c(-c4nc(-c5ccc(-c6cccc7oc8ccccc8c67)cc5)nc(-c5c([2H])c6c([2H])c([2H])c([2H])c([2H])c6c6oc7c([2H])c([2H])c([2H])c([2H])c7c56)n4)c32)c1[2H]. The molecule has 0 N–H and O–H groups in total. The van der Waals surface area contributed by atoms with Gasteiger partial charge in [0.2, 0.25) is 0 Å². The number of nitrogens with zero attached hydrogens (tertiary/aromatic N) is 3. The van der Waals surface area contributed by atoms with Crippen LogP contribution in [-0.4, -0.2) is 15.0 Å². The zero-order valence-corrected chi connectivity index (χ0v) is 29.9. The molecule has 0 spiro atoms. The molecule has 0 atom stereocenters. The maximum atomic E-state index is 9.93. The molecule has 0 aliphatic heterocycles. The Morgan fingerprint density at radius 2 is 0.864 bits per heavy atom. The topological polar surface area (TPSA) is 78.1 Å². The number of para-hydroxylation sites is 3. The second kappa shape index (κ2) is 12.2. The van der Waals surface area contributed by atoms with Crippen molar-refractivity contribution < 1.29 is 37.9 Å². The fraction of sp³-hybridized carbons (Fsp3) is 0. The summed E-state index contributed by atoms with van der Waals surface area (Å²) in [6, 6.07) is 8.04. The van der Waals surface area contributed by atoms with E-state index >= 15 is 0 Å². The first-order valence-corrected chi connectivity index (χ1v) is 18.2. The van der Waals surface area contributed by atoms with Crippen LogP contribution in [0, 0.1) is 0 Å². The van der Waals surface area contributed by atoms with Crippen molar-refractivity contribution in [2.45, 2.75) is 0 Å². The molecule has 0 saturated heterocycles. The van der Waals surface area contributed by atoms with Crippen molar-refractivity contribution in [3.05, 3.63) is 175 Å². The lowest BCUT2D eigenvalue weighted by Crippen LogP contribution is -2.01. The number of hydrogen-bond acceptors (Lipinski definition) is 6. The zero-order valence-electron chi connectivity index (χ0n) is 47.9. The molecule has 6 heteroatoms. The molecule has 4 aromatic heterocycles.